The van der Waals surface area contributed by atoms with Gasteiger partial charge in [0.1, 0.15) is 11.4 Å². The molecule has 132 valence electrons. The fraction of sp³-hybridized carbons (Fsp3) is 0.875. The minimum absolute atomic E-state index is 0.264. The number of rotatable bonds is 4. The van der Waals surface area contributed by atoms with Crippen molar-refractivity contribution < 1.29 is 14.3 Å². The SMILES string of the molecule is CC(C)(C)OC(=O)N1CCN=C(NCCCN2CCOCC2)C1. The summed E-state index contributed by atoms with van der Waals surface area (Å²) >= 11 is 0. The molecule has 0 atom stereocenters. The zero-order chi connectivity index (χ0) is 16.7. The summed E-state index contributed by atoms with van der Waals surface area (Å²) < 4.78 is 10.8. The zero-order valence-corrected chi connectivity index (χ0v) is 14.6. The van der Waals surface area contributed by atoms with Gasteiger partial charge in [-0.3, -0.25) is 14.8 Å². The average molecular weight is 326 g/mol. The van der Waals surface area contributed by atoms with Gasteiger partial charge < -0.3 is 14.8 Å². The molecule has 1 amide bonds. The monoisotopic (exact) mass is 326 g/mol. The number of amides is 1. The van der Waals surface area contributed by atoms with Crippen LogP contribution >= 0.6 is 0 Å². The van der Waals surface area contributed by atoms with Gasteiger partial charge in [-0.05, 0) is 33.7 Å². The van der Waals surface area contributed by atoms with Crippen molar-refractivity contribution in [3.05, 3.63) is 0 Å². The van der Waals surface area contributed by atoms with Crippen LogP contribution in [0.1, 0.15) is 27.2 Å². The van der Waals surface area contributed by atoms with Gasteiger partial charge in [-0.25, -0.2) is 4.79 Å². The summed E-state index contributed by atoms with van der Waals surface area (Å²) in [6.45, 7) is 13.1. The lowest BCUT2D eigenvalue weighted by Gasteiger charge is -2.30. The van der Waals surface area contributed by atoms with Crippen molar-refractivity contribution in [3.8, 4) is 0 Å². The third-order valence-corrected chi connectivity index (χ3v) is 3.75. The number of nitrogens with zero attached hydrogens (tertiary/aromatic N) is 3. The lowest BCUT2D eigenvalue weighted by atomic mass is 10.2. The Morgan fingerprint density at radius 3 is 2.74 bits per heavy atom. The van der Waals surface area contributed by atoms with Crippen molar-refractivity contribution in [2.75, 3.05) is 59.0 Å². The number of nitrogens with one attached hydrogen (secondary N) is 1. The highest BCUT2D eigenvalue weighted by atomic mass is 16.6. The second-order valence-corrected chi connectivity index (χ2v) is 6.96. The van der Waals surface area contributed by atoms with Crippen LogP contribution in [-0.2, 0) is 9.47 Å². The first kappa shape index (κ1) is 18.0. The van der Waals surface area contributed by atoms with Crippen molar-refractivity contribution in [2.24, 2.45) is 4.99 Å². The summed E-state index contributed by atoms with van der Waals surface area (Å²) in [5, 5.41) is 3.35. The summed E-state index contributed by atoms with van der Waals surface area (Å²) in [5.41, 5.74) is -0.461. The van der Waals surface area contributed by atoms with Crippen LogP contribution in [0.25, 0.3) is 0 Å². The molecule has 0 bridgehead atoms. The Kier molecular flexibility index (Phi) is 6.65. The summed E-state index contributed by atoms with van der Waals surface area (Å²) in [6, 6.07) is 0. The van der Waals surface area contributed by atoms with Gasteiger partial charge in [-0.2, -0.15) is 0 Å². The number of aliphatic imine (C=N–C) groups is 1. The van der Waals surface area contributed by atoms with Crippen LogP contribution < -0.4 is 5.32 Å². The highest BCUT2D eigenvalue weighted by Crippen LogP contribution is 2.11. The molecule has 1 N–H and O–H groups in total. The molecule has 0 saturated carbocycles. The normalized spacial score (nSPS) is 20.1. The fourth-order valence-corrected chi connectivity index (χ4v) is 2.57. The minimum atomic E-state index is -0.461. The molecule has 2 aliphatic heterocycles. The number of morpholine rings is 1. The molecule has 0 aromatic carbocycles. The van der Waals surface area contributed by atoms with Crippen molar-refractivity contribution in [1.82, 2.24) is 15.1 Å². The molecular formula is C16H30N4O3. The van der Waals surface area contributed by atoms with Crippen LogP contribution in [0.4, 0.5) is 4.79 Å². The van der Waals surface area contributed by atoms with Gasteiger partial charge in [0.2, 0.25) is 0 Å². The first-order valence-electron chi connectivity index (χ1n) is 8.49. The molecule has 2 aliphatic rings. The molecule has 0 unspecified atom stereocenters. The quantitative estimate of drug-likeness (QED) is 0.779. The van der Waals surface area contributed by atoms with E-state index >= 15 is 0 Å². The molecule has 23 heavy (non-hydrogen) atoms. The van der Waals surface area contributed by atoms with E-state index in [0.29, 0.717) is 19.6 Å². The molecule has 7 heteroatoms. The molecular weight excluding hydrogens is 296 g/mol. The summed E-state index contributed by atoms with van der Waals surface area (Å²) in [5.74, 6) is 0.879. The minimum Gasteiger partial charge on any atom is -0.444 e. The molecule has 0 aliphatic carbocycles. The van der Waals surface area contributed by atoms with Gasteiger partial charge in [0.25, 0.3) is 0 Å². The van der Waals surface area contributed by atoms with E-state index in [0.717, 1.165) is 51.6 Å². The van der Waals surface area contributed by atoms with E-state index < -0.39 is 5.60 Å². The van der Waals surface area contributed by atoms with Crippen LogP contribution in [0.3, 0.4) is 0 Å². The maximum atomic E-state index is 12.1. The van der Waals surface area contributed by atoms with Crippen LogP contribution in [0.5, 0.6) is 0 Å². The summed E-state index contributed by atoms with van der Waals surface area (Å²) in [4.78, 5) is 20.7. The molecule has 1 saturated heterocycles. The first-order chi connectivity index (χ1) is 10.9. The highest BCUT2D eigenvalue weighted by Gasteiger charge is 2.24. The Labute approximate surface area is 139 Å². The van der Waals surface area contributed by atoms with E-state index in [1.54, 1.807) is 4.90 Å². The molecule has 1 fully saturated rings. The van der Waals surface area contributed by atoms with Crippen LogP contribution in [0.15, 0.2) is 4.99 Å². The summed E-state index contributed by atoms with van der Waals surface area (Å²) in [6.07, 6.45) is 0.797. The van der Waals surface area contributed by atoms with Crippen molar-refractivity contribution in [2.45, 2.75) is 32.8 Å². The molecule has 7 nitrogen and oxygen atoms in total. The molecule has 0 spiro atoms. The summed E-state index contributed by atoms with van der Waals surface area (Å²) in [7, 11) is 0. The van der Waals surface area contributed by atoms with Crippen LogP contribution in [0, 0.1) is 0 Å². The predicted molar refractivity (Wildman–Crippen MR) is 90.0 cm³/mol. The zero-order valence-electron chi connectivity index (χ0n) is 14.6. The van der Waals surface area contributed by atoms with E-state index in [-0.39, 0.29) is 6.09 Å². The molecule has 0 radical (unpaired) electrons. The highest BCUT2D eigenvalue weighted by molar-refractivity contribution is 5.87. The molecule has 2 rings (SSSR count). The number of carbonyl (C=O) groups excluding carboxylic acids is 1. The number of amidine groups is 1. The lowest BCUT2D eigenvalue weighted by molar-refractivity contribution is 0.0276. The molecule has 0 aromatic heterocycles. The third kappa shape index (κ3) is 6.74. The van der Waals surface area contributed by atoms with Crippen molar-refractivity contribution >= 4 is 11.9 Å². The maximum Gasteiger partial charge on any atom is 0.410 e. The van der Waals surface area contributed by atoms with Gasteiger partial charge in [-0.1, -0.05) is 0 Å². The predicted octanol–water partition coefficient (Wildman–Crippen LogP) is 0.948. The van der Waals surface area contributed by atoms with Crippen molar-refractivity contribution in [1.29, 1.82) is 0 Å². The van der Waals surface area contributed by atoms with E-state index in [1.165, 1.54) is 0 Å². The smallest absolute Gasteiger partial charge is 0.410 e. The van der Waals surface area contributed by atoms with E-state index in [1.807, 2.05) is 20.8 Å². The Morgan fingerprint density at radius 1 is 1.30 bits per heavy atom. The Bertz CT molecular complexity index is 414. The largest absolute Gasteiger partial charge is 0.444 e. The Hall–Kier alpha value is -1.34. The van der Waals surface area contributed by atoms with Crippen molar-refractivity contribution in [3.63, 3.8) is 0 Å². The first-order valence-corrected chi connectivity index (χ1v) is 8.49. The molecule has 2 heterocycles. The third-order valence-electron chi connectivity index (χ3n) is 3.75. The van der Waals surface area contributed by atoms with Crippen LogP contribution in [-0.4, -0.2) is 86.4 Å². The maximum absolute atomic E-state index is 12.1. The van der Waals surface area contributed by atoms with Gasteiger partial charge >= 0.3 is 6.09 Å². The van der Waals surface area contributed by atoms with Gasteiger partial charge in [0.15, 0.2) is 0 Å². The number of hydrogen-bond acceptors (Lipinski definition) is 6. The van der Waals surface area contributed by atoms with Gasteiger partial charge in [0.05, 0.1) is 26.3 Å². The van der Waals surface area contributed by atoms with E-state index in [2.05, 4.69) is 15.2 Å². The van der Waals surface area contributed by atoms with E-state index in [4.69, 9.17) is 9.47 Å². The van der Waals surface area contributed by atoms with Gasteiger partial charge in [0, 0.05) is 26.2 Å². The molecule has 0 aromatic rings. The van der Waals surface area contributed by atoms with Gasteiger partial charge in [-0.15, -0.1) is 0 Å². The number of ether oxygens (including phenoxy) is 2. The second kappa shape index (κ2) is 8.49. The van der Waals surface area contributed by atoms with E-state index in [9.17, 15) is 4.79 Å². The fourth-order valence-electron chi connectivity index (χ4n) is 2.57. The number of carbonyl (C=O) groups is 1. The topological polar surface area (TPSA) is 66.4 Å². The average Bonchev–Trinajstić information content (AvgIpc) is 2.51. The number of hydrogen-bond donors (Lipinski definition) is 1. The second-order valence-electron chi connectivity index (χ2n) is 6.96. The Balaban J connectivity index is 1.65. The van der Waals surface area contributed by atoms with Crippen LogP contribution in [0.2, 0.25) is 0 Å². The standard InChI is InChI=1S/C16H30N4O3/c1-16(2,3)23-15(21)20-8-6-18-14(13-20)17-5-4-7-19-9-11-22-12-10-19/h4-13H2,1-3H3,(H,17,18). The Morgan fingerprint density at radius 2 is 2.04 bits per heavy atom. The lowest BCUT2D eigenvalue weighted by Crippen LogP contribution is -2.47.